The standard InChI is InChI=1S/C16H20O2/c1-2-3-4-5-6-7-15(17)13-8-9-16-14(12-13)10-11-18-16/h2,8-9,12H,1,3-7,10-11H2. The lowest BCUT2D eigenvalue weighted by atomic mass is 10.0. The van der Waals surface area contributed by atoms with E-state index in [0.717, 1.165) is 50.0 Å². The molecular weight excluding hydrogens is 224 g/mol. The molecule has 2 nitrogen and oxygen atoms in total. The predicted octanol–water partition coefficient (Wildman–Crippen LogP) is 3.94. The lowest BCUT2D eigenvalue weighted by Gasteiger charge is -2.03. The van der Waals surface area contributed by atoms with Crippen LogP contribution in [0.15, 0.2) is 30.9 Å². The fourth-order valence-corrected chi connectivity index (χ4v) is 2.26. The van der Waals surface area contributed by atoms with Crippen LogP contribution in [0.4, 0.5) is 0 Å². The zero-order valence-corrected chi connectivity index (χ0v) is 10.8. The van der Waals surface area contributed by atoms with Gasteiger partial charge in [0.25, 0.3) is 0 Å². The molecule has 0 atom stereocenters. The average Bonchev–Trinajstić information content (AvgIpc) is 2.85. The van der Waals surface area contributed by atoms with Crippen LogP contribution >= 0.6 is 0 Å². The van der Waals surface area contributed by atoms with Gasteiger partial charge in [-0.15, -0.1) is 6.58 Å². The normalized spacial score (nSPS) is 12.9. The number of rotatable bonds is 7. The van der Waals surface area contributed by atoms with Crippen molar-refractivity contribution in [2.24, 2.45) is 0 Å². The molecule has 96 valence electrons. The number of allylic oxidation sites excluding steroid dienone is 1. The molecule has 0 amide bonds. The van der Waals surface area contributed by atoms with Crippen molar-refractivity contribution < 1.29 is 9.53 Å². The third kappa shape index (κ3) is 3.22. The van der Waals surface area contributed by atoms with Crippen molar-refractivity contribution >= 4 is 5.78 Å². The summed E-state index contributed by atoms with van der Waals surface area (Å²) in [6.07, 6.45) is 7.76. The number of fused-ring (bicyclic) bond motifs is 1. The summed E-state index contributed by atoms with van der Waals surface area (Å²) in [6, 6.07) is 5.80. The summed E-state index contributed by atoms with van der Waals surface area (Å²) in [5, 5.41) is 0. The highest BCUT2D eigenvalue weighted by Gasteiger charge is 2.14. The number of carbonyl (C=O) groups is 1. The van der Waals surface area contributed by atoms with Gasteiger partial charge in [0.05, 0.1) is 6.61 Å². The monoisotopic (exact) mass is 244 g/mol. The van der Waals surface area contributed by atoms with Crippen LogP contribution in [0, 0.1) is 0 Å². The average molecular weight is 244 g/mol. The van der Waals surface area contributed by atoms with Gasteiger partial charge in [0, 0.05) is 18.4 Å². The van der Waals surface area contributed by atoms with Crippen molar-refractivity contribution in [2.75, 3.05) is 6.61 Å². The molecule has 2 heteroatoms. The smallest absolute Gasteiger partial charge is 0.162 e. The van der Waals surface area contributed by atoms with Crippen LogP contribution in [-0.4, -0.2) is 12.4 Å². The van der Waals surface area contributed by atoms with Crippen molar-refractivity contribution in [2.45, 2.75) is 38.5 Å². The quantitative estimate of drug-likeness (QED) is 0.412. The van der Waals surface area contributed by atoms with Crippen molar-refractivity contribution in [3.8, 4) is 5.75 Å². The third-order valence-corrected chi connectivity index (χ3v) is 3.32. The van der Waals surface area contributed by atoms with E-state index in [1.165, 1.54) is 5.56 Å². The van der Waals surface area contributed by atoms with E-state index in [9.17, 15) is 4.79 Å². The number of Topliss-reactive ketones (excluding diaryl/α,β-unsaturated/α-hetero) is 1. The second kappa shape index (κ2) is 6.39. The van der Waals surface area contributed by atoms with Gasteiger partial charge < -0.3 is 4.74 Å². The lowest BCUT2D eigenvalue weighted by Crippen LogP contribution is -1.99. The Balaban J connectivity index is 1.83. The van der Waals surface area contributed by atoms with Crippen molar-refractivity contribution in [1.29, 1.82) is 0 Å². The van der Waals surface area contributed by atoms with E-state index in [-0.39, 0.29) is 5.78 Å². The number of hydrogen-bond donors (Lipinski definition) is 0. The molecular formula is C16H20O2. The number of ketones is 1. The zero-order valence-electron chi connectivity index (χ0n) is 10.8. The summed E-state index contributed by atoms with van der Waals surface area (Å²) in [5.41, 5.74) is 2.01. The Morgan fingerprint density at radius 2 is 2.22 bits per heavy atom. The van der Waals surface area contributed by atoms with Gasteiger partial charge in [0.2, 0.25) is 0 Å². The van der Waals surface area contributed by atoms with E-state index in [0.29, 0.717) is 6.42 Å². The summed E-state index contributed by atoms with van der Waals surface area (Å²) in [5.74, 6) is 1.20. The summed E-state index contributed by atoms with van der Waals surface area (Å²) >= 11 is 0. The molecule has 1 aliphatic heterocycles. The van der Waals surface area contributed by atoms with Crippen LogP contribution in [0.1, 0.15) is 48.0 Å². The lowest BCUT2D eigenvalue weighted by molar-refractivity contribution is 0.0979. The molecule has 1 heterocycles. The molecule has 0 saturated heterocycles. The molecule has 0 spiro atoms. The van der Waals surface area contributed by atoms with Crippen LogP contribution in [0.25, 0.3) is 0 Å². The highest BCUT2D eigenvalue weighted by atomic mass is 16.5. The molecule has 1 aromatic rings. The largest absolute Gasteiger partial charge is 0.493 e. The number of benzene rings is 1. The predicted molar refractivity (Wildman–Crippen MR) is 73.3 cm³/mol. The maximum atomic E-state index is 12.0. The minimum atomic E-state index is 0.253. The van der Waals surface area contributed by atoms with Crippen molar-refractivity contribution in [3.05, 3.63) is 42.0 Å². The summed E-state index contributed by atoms with van der Waals surface area (Å²) in [4.78, 5) is 12.0. The summed E-state index contributed by atoms with van der Waals surface area (Å²) in [7, 11) is 0. The molecule has 0 bridgehead atoms. The maximum Gasteiger partial charge on any atom is 0.162 e. The SMILES string of the molecule is C=CCCCCCC(=O)c1ccc2c(c1)CCO2. The van der Waals surface area contributed by atoms with Gasteiger partial charge in [-0.1, -0.05) is 12.5 Å². The van der Waals surface area contributed by atoms with Gasteiger partial charge in [-0.05, 0) is 43.0 Å². The number of unbranched alkanes of at least 4 members (excludes halogenated alkanes) is 3. The molecule has 0 radical (unpaired) electrons. The van der Waals surface area contributed by atoms with Gasteiger partial charge in [0.15, 0.2) is 5.78 Å². The Bertz CT molecular complexity index is 435. The van der Waals surface area contributed by atoms with Crippen LogP contribution in [-0.2, 0) is 6.42 Å². The first-order valence-electron chi connectivity index (χ1n) is 6.71. The summed E-state index contributed by atoms with van der Waals surface area (Å²) < 4.78 is 5.44. The molecule has 1 aromatic carbocycles. The van der Waals surface area contributed by atoms with E-state index in [1.54, 1.807) is 0 Å². The first-order chi connectivity index (χ1) is 8.81. The van der Waals surface area contributed by atoms with Crippen LogP contribution in [0.5, 0.6) is 5.75 Å². The Labute approximate surface area is 109 Å². The third-order valence-electron chi connectivity index (χ3n) is 3.32. The van der Waals surface area contributed by atoms with E-state index in [1.807, 2.05) is 24.3 Å². The molecule has 0 unspecified atom stereocenters. The topological polar surface area (TPSA) is 26.3 Å². The van der Waals surface area contributed by atoms with E-state index >= 15 is 0 Å². The van der Waals surface area contributed by atoms with Crippen LogP contribution in [0.2, 0.25) is 0 Å². The van der Waals surface area contributed by atoms with Gasteiger partial charge in [0.1, 0.15) is 5.75 Å². The van der Waals surface area contributed by atoms with Crippen molar-refractivity contribution in [3.63, 3.8) is 0 Å². The molecule has 2 rings (SSSR count). The fraction of sp³-hybridized carbons (Fsp3) is 0.438. The van der Waals surface area contributed by atoms with Crippen LogP contribution < -0.4 is 4.74 Å². The fourth-order valence-electron chi connectivity index (χ4n) is 2.26. The highest BCUT2D eigenvalue weighted by Crippen LogP contribution is 2.26. The maximum absolute atomic E-state index is 12.0. The van der Waals surface area contributed by atoms with E-state index in [4.69, 9.17) is 4.74 Å². The van der Waals surface area contributed by atoms with Crippen LogP contribution in [0.3, 0.4) is 0 Å². The molecule has 0 aromatic heterocycles. The molecule has 0 fully saturated rings. The minimum Gasteiger partial charge on any atom is -0.493 e. The molecule has 0 aliphatic carbocycles. The first-order valence-corrected chi connectivity index (χ1v) is 6.71. The molecule has 1 aliphatic rings. The molecule has 0 N–H and O–H groups in total. The van der Waals surface area contributed by atoms with Crippen molar-refractivity contribution in [1.82, 2.24) is 0 Å². The number of carbonyl (C=O) groups excluding carboxylic acids is 1. The van der Waals surface area contributed by atoms with E-state index < -0.39 is 0 Å². The highest BCUT2D eigenvalue weighted by molar-refractivity contribution is 5.96. The molecule has 0 saturated carbocycles. The second-order valence-corrected chi connectivity index (χ2v) is 4.73. The van der Waals surface area contributed by atoms with Gasteiger partial charge in [-0.3, -0.25) is 4.79 Å². The Morgan fingerprint density at radius 1 is 1.33 bits per heavy atom. The zero-order chi connectivity index (χ0) is 12.8. The minimum absolute atomic E-state index is 0.253. The van der Waals surface area contributed by atoms with Gasteiger partial charge in [-0.2, -0.15) is 0 Å². The Morgan fingerprint density at radius 3 is 3.06 bits per heavy atom. The summed E-state index contributed by atoms with van der Waals surface area (Å²) in [6.45, 7) is 4.44. The first kappa shape index (κ1) is 12.9. The van der Waals surface area contributed by atoms with E-state index in [2.05, 4.69) is 6.58 Å². The molecule has 18 heavy (non-hydrogen) atoms. The number of hydrogen-bond acceptors (Lipinski definition) is 2. The second-order valence-electron chi connectivity index (χ2n) is 4.73. The Hall–Kier alpha value is -1.57. The van der Waals surface area contributed by atoms with Gasteiger partial charge in [-0.25, -0.2) is 0 Å². The number of ether oxygens (including phenoxy) is 1. The van der Waals surface area contributed by atoms with Gasteiger partial charge >= 0.3 is 0 Å². The Kier molecular flexibility index (Phi) is 4.57.